The molecule has 0 aliphatic heterocycles. The van der Waals surface area contributed by atoms with E-state index in [1.807, 2.05) is 0 Å². The van der Waals surface area contributed by atoms with Gasteiger partial charge in [-0.25, -0.2) is 18.0 Å². The monoisotopic (exact) mass is 656 g/mol. The number of allylic oxidation sites excluding steroid dienone is 4. The van der Waals surface area contributed by atoms with Gasteiger partial charge in [-0.15, -0.1) is 0 Å². The van der Waals surface area contributed by atoms with E-state index in [1.165, 1.54) is 77.0 Å². The number of carbonyl (C=O) groups is 2. The Hall–Kier alpha value is -1.45. The van der Waals surface area contributed by atoms with Gasteiger partial charge in [0.2, 0.25) is 0 Å². The van der Waals surface area contributed by atoms with Crippen LogP contribution in [0.5, 0.6) is 0 Å². The van der Waals surface area contributed by atoms with Crippen LogP contribution in [-0.4, -0.2) is 38.1 Å². The van der Waals surface area contributed by atoms with Crippen molar-refractivity contribution in [3.63, 3.8) is 0 Å². The van der Waals surface area contributed by atoms with Crippen LogP contribution in [0.2, 0.25) is 0 Å². The molecule has 0 saturated heterocycles. The van der Waals surface area contributed by atoms with E-state index in [9.17, 15) is 22.6 Å². The summed E-state index contributed by atoms with van der Waals surface area (Å²) in [5, 5.41) is 0. The molecular weight excluding hydrogens is 599 g/mol. The molecule has 0 spiro atoms. The molecular formula is C36H57NaO7S. The normalized spacial score (nSPS) is 11.6. The Balaban J connectivity index is 0.0000194. The molecule has 1 aromatic rings. The number of rotatable bonds is 27. The molecule has 0 aliphatic carbocycles. The Morgan fingerprint density at radius 3 is 1.40 bits per heavy atom. The maximum atomic E-state index is 12.8. The third-order valence-corrected chi connectivity index (χ3v) is 8.33. The van der Waals surface area contributed by atoms with Gasteiger partial charge in [0.25, 0.3) is 0 Å². The van der Waals surface area contributed by atoms with Gasteiger partial charge in [-0.3, -0.25) is 0 Å². The number of esters is 2. The van der Waals surface area contributed by atoms with Crippen LogP contribution >= 0.6 is 0 Å². The third kappa shape index (κ3) is 22.7. The van der Waals surface area contributed by atoms with Crippen LogP contribution < -0.4 is 29.6 Å². The molecule has 9 heteroatoms. The van der Waals surface area contributed by atoms with E-state index in [2.05, 4.69) is 38.2 Å². The fourth-order valence-corrected chi connectivity index (χ4v) is 5.29. The van der Waals surface area contributed by atoms with Gasteiger partial charge in [0, 0.05) is 0 Å². The fraction of sp³-hybridized carbons (Fsp3) is 0.667. The number of hydrogen-bond acceptors (Lipinski definition) is 7. The molecule has 0 bridgehead atoms. The number of benzene rings is 1. The Labute approximate surface area is 296 Å². The first-order valence-corrected chi connectivity index (χ1v) is 18.5. The van der Waals surface area contributed by atoms with Gasteiger partial charge in [0.05, 0.1) is 29.2 Å². The van der Waals surface area contributed by atoms with E-state index in [0.29, 0.717) is 12.8 Å². The van der Waals surface area contributed by atoms with Crippen molar-refractivity contribution in [1.29, 1.82) is 0 Å². The molecule has 250 valence electrons. The molecule has 0 aromatic heterocycles. The molecule has 0 unspecified atom stereocenters. The standard InChI is InChI=1S/C36H58O7S.Na/c1-3-5-7-9-11-13-15-17-19-21-23-25-29-42-35(37)33-28-27-32(44(39,40)41)31-34(33)36(38)43-30-26-24-22-20-18-16-14-12-10-8-6-4-2;/h17-20,27-28,31H,3-16,21-26,29-30H2,1-2H3,(H,39,40,41);/q;+1/p-1/b19-17+,20-18+;. The van der Waals surface area contributed by atoms with Gasteiger partial charge in [-0.1, -0.05) is 102 Å². The van der Waals surface area contributed by atoms with E-state index in [-0.39, 0.29) is 53.9 Å². The Morgan fingerprint density at radius 2 is 0.978 bits per heavy atom. The first-order chi connectivity index (χ1) is 21.3. The molecule has 0 radical (unpaired) electrons. The van der Waals surface area contributed by atoms with Gasteiger partial charge >= 0.3 is 41.5 Å². The molecule has 0 heterocycles. The van der Waals surface area contributed by atoms with Crippen molar-refractivity contribution in [3.8, 4) is 0 Å². The zero-order valence-corrected chi connectivity index (χ0v) is 31.2. The van der Waals surface area contributed by atoms with Crippen LogP contribution in [0.3, 0.4) is 0 Å². The van der Waals surface area contributed by atoms with E-state index in [4.69, 9.17) is 9.47 Å². The second-order valence-electron chi connectivity index (χ2n) is 11.5. The summed E-state index contributed by atoms with van der Waals surface area (Å²) >= 11 is 0. The Kier molecular flexibility index (Phi) is 27.8. The van der Waals surface area contributed by atoms with E-state index >= 15 is 0 Å². The molecule has 1 aromatic carbocycles. The van der Waals surface area contributed by atoms with Crippen LogP contribution in [0.25, 0.3) is 0 Å². The second kappa shape index (κ2) is 28.7. The van der Waals surface area contributed by atoms with Crippen molar-refractivity contribution >= 4 is 22.1 Å². The topological polar surface area (TPSA) is 110 Å². The van der Waals surface area contributed by atoms with Crippen LogP contribution in [-0.2, 0) is 19.6 Å². The smallest absolute Gasteiger partial charge is 0.744 e. The maximum Gasteiger partial charge on any atom is 1.00 e. The van der Waals surface area contributed by atoms with Crippen LogP contribution in [0, 0.1) is 0 Å². The maximum absolute atomic E-state index is 12.8. The van der Waals surface area contributed by atoms with Crippen molar-refractivity contribution in [1.82, 2.24) is 0 Å². The summed E-state index contributed by atoms with van der Waals surface area (Å²) in [5.74, 6) is -1.60. The minimum absolute atomic E-state index is 0. The summed E-state index contributed by atoms with van der Waals surface area (Å²) < 4.78 is 45.3. The first-order valence-electron chi connectivity index (χ1n) is 17.0. The summed E-state index contributed by atoms with van der Waals surface area (Å²) in [5.41, 5.74) is -0.387. The number of hydrogen-bond donors (Lipinski definition) is 0. The third-order valence-electron chi connectivity index (χ3n) is 7.50. The van der Waals surface area contributed by atoms with E-state index in [1.54, 1.807) is 0 Å². The van der Waals surface area contributed by atoms with E-state index in [0.717, 1.165) is 56.7 Å². The van der Waals surface area contributed by atoms with Crippen LogP contribution in [0.1, 0.15) is 163 Å². The van der Waals surface area contributed by atoms with Crippen molar-refractivity contribution < 1.29 is 61.6 Å². The Bertz CT molecular complexity index is 1080. The van der Waals surface area contributed by atoms with E-state index < -0.39 is 27.0 Å². The molecule has 0 saturated carbocycles. The summed E-state index contributed by atoms with van der Waals surface area (Å²) in [6.07, 6.45) is 31.0. The minimum Gasteiger partial charge on any atom is -0.744 e. The SMILES string of the molecule is CCCCCCCC/C=C/CCCCOC(=O)c1ccc(S(=O)(=O)[O-])cc1C(=O)OCCCC/C=C/CCCCCCCC.[Na+]. The summed E-state index contributed by atoms with van der Waals surface area (Å²) in [4.78, 5) is 24.9. The van der Waals surface area contributed by atoms with Gasteiger partial charge in [0.1, 0.15) is 10.1 Å². The summed E-state index contributed by atoms with van der Waals surface area (Å²) in [6.45, 7) is 4.74. The predicted molar refractivity (Wildman–Crippen MR) is 177 cm³/mol. The molecule has 7 nitrogen and oxygen atoms in total. The van der Waals surface area contributed by atoms with Gasteiger partial charge in [0.15, 0.2) is 0 Å². The van der Waals surface area contributed by atoms with Gasteiger partial charge in [-0.2, -0.15) is 0 Å². The molecule has 1 rings (SSSR count). The zero-order chi connectivity index (χ0) is 32.3. The van der Waals surface area contributed by atoms with Gasteiger partial charge in [-0.05, 0) is 82.4 Å². The molecule has 0 fully saturated rings. The van der Waals surface area contributed by atoms with Crippen molar-refractivity contribution in [3.05, 3.63) is 53.6 Å². The fourth-order valence-electron chi connectivity index (χ4n) is 4.80. The number of ether oxygens (including phenoxy) is 2. The largest absolute Gasteiger partial charge is 1.00 e. The molecule has 0 aliphatic rings. The van der Waals surface area contributed by atoms with Crippen molar-refractivity contribution in [2.75, 3.05) is 13.2 Å². The Morgan fingerprint density at radius 1 is 0.600 bits per heavy atom. The summed E-state index contributed by atoms with van der Waals surface area (Å²) in [7, 11) is -4.82. The minimum atomic E-state index is -4.82. The predicted octanol–water partition coefficient (Wildman–Crippen LogP) is 6.86. The molecule has 0 atom stereocenters. The average Bonchev–Trinajstić information content (AvgIpc) is 3.00. The zero-order valence-electron chi connectivity index (χ0n) is 28.4. The number of carbonyl (C=O) groups excluding carboxylic acids is 2. The molecule has 45 heavy (non-hydrogen) atoms. The second-order valence-corrected chi connectivity index (χ2v) is 12.9. The average molecular weight is 657 g/mol. The molecule has 0 amide bonds. The first kappa shape index (κ1) is 43.5. The summed E-state index contributed by atoms with van der Waals surface area (Å²) in [6, 6.07) is 3.06. The van der Waals surface area contributed by atoms with Crippen molar-refractivity contribution in [2.45, 2.75) is 147 Å². The van der Waals surface area contributed by atoms with Gasteiger partial charge < -0.3 is 14.0 Å². The quantitative estimate of drug-likeness (QED) is 0.0335. The van der Waals surface area contributed by atoms with Crippen LogP contribution in [0.4, 0.5) is 0 Å². The van der Waals surface area contributed by atoms with Crippen molar-refractivity contribution in [2.24, 2.45) is 0 Å². The van der Waals surface area contributed by atoms with Crippen LogP contribution in [0.15, 0.2) is 47.4 Å². The molecule has 0 N–H and O–H groups in total. The number of unbranched alkanes of at least 4 members (excludes halogenated alkanes) is 16.